The minimum atomic E-state index is -0.904. The van der Waals surface area contributed by atoms with Gasteiger partial charge in [-0.05, 0) is 64.9 Å². The minimum Gasteiger partial charge on any atom is -0.478 e. The average molecular weight is 336 g/mol. The highest BCUT2D eigenvalue weighted by Gasteiger charge is 2.13. The number of rotatable bonds is 12. The van der Waals surface area contributed by atoms with Crippen LogP contribution < -0.4 is 0 Å². The first-order chi connectivity index (χ1) is 11.2. The fourth-order valence-corrected chi connectivity index (χ4v) is 2.16. The van der Waals surface area contributed by atoms with E-state index in [2.05, 4.69) is 6.58 Å². The van der Waals surface area contributed by atoms with Crippen LogP contribution in [0.5, 0.6) is 0 Å². The van der Waals surface area contributed by atoms with E-state index in [9.17, 15) is 20.1 Å². The predicted octanol–water partition coefficient (Wildman–Crippen LogP) is 4.16. The number of hydrogen-bond donors (Lipinski definition) is 3. The zero-order valence-electron chi connectivity index (χ0n) is 15.2. The Labute approximate surface area is 145 Å². The molecule has 0 rings (SSSR count). The molecule has 136 valence electrons. The van der Waals surface area contributed by atoms with Crippen LogP contribution in [0.1, 0.15) is 59.3 Å². The lowest BCUT2D eigenvalue weighted by atomic mass is 9.98. The first kappa shape index (κ1) is 22.4. The maximum absolute atomic E-state index is 11.2. The van der Waals surface area contributed by atoms with Crippen molar-refractivity contribution in [3.8, 4) is 0 Å². The Balaban J connectivity index is 4.54. The molecule has 0 amide bonds. The zero-order valence-corrected chi connectivity index (χ0v) is 15.2. The molecule has 1 unspecified atom stereocenters. The highest BCUT2D eigenvalue weighted by molar-refractivity contribution is 5.86. The molecule has 0 aliphatic carbocycles. The maximum atomic E-state index is 11.2. The molecule has 0 fully saturated rings. The number of aliphatic carboxylic acids is 1. The van der Waals surface area contributed by atoms with E-state index < -0.39 is 11.6 Å². The first-order valence-electron chi connectivity index (χ1n) is 8.42. The Morgan fingerprint density at radius 3 is 2.21 bits per heavy atom. The topological polar surface area (TPSA) is 77.8 Å². The molecule has 0 aromatic rings. The quantitative estimate of drug-likeness (QED) is 0.369. The lowest BCUT2D eigenvalue weighted by molar-refractivity contribution is -0.132. The van der Waals surface area contributed by atoms with Gasteiger partial charge >= 0.3 is 5.97 Å². The monoisotopic (exact) mass is 336 g/mol. The third kappa shape index (κ3) is 11.0. The average Bonchev–Trinajstić information content (AvgIpc) is 2.51. The normalized spacial score (nSPS) is 14.9. The molecule has 0 saturated carbocycles. The van der Waals surface area contributed by atoms with Crippen LogP contribution in [0.2, 0.25) is 0 Å². The fourth-order valence-electron chi connectivity index (χ4n) is 2.16. The molecule has 0 aliphatic rings. The smallest absolute Gasteiger partial charge is 0.331 e. The summed E-state index contributed by atoms with van der Waals surface area (Å²) in [5.41, 5.74) is 1.55. The summed E-state index contributed by atoms with van der Waals surface area (Å²) in [5.74, 6) is -0.881. The maximum Gasteiger partial charge on any atom is 0.331 e. The van der Waals surface area contributed by atoms with Crippen molar-refractivity contribution in [3.05, 3.63) is 47.6 Å². The van der Waals surface area contributed by atoms with Crippen LogP contribution in [-0.2, 0) is 4.79 Å². The van der Waals surface area contributed by atoms with Crippen LogP contribution in [-0.4, -0.2) is 33.5 Å². The second-order valence-corrected chi connectivity index (χ2v) is 6.51. The van der Waals surface area contributed by atoms with Crippen LogP contribution in [0, 0.1) is 0 Å². The van der Waals surface area contributed by atoms with E-state index in [0.29, 0.717) is 37.7 Å². The van der Waals surface area contributed by atoms with Gasteiger partial charge in [-0.2, -0.15) is 0 Å². The molecular weight excluding hydrogens is 304 g/mol. The summed E-state index contributed by atoms with van der Waals surface area (Å²) in [5, 5.41) is 28.5. The number of carboxylic acid groups (broad SMARTS) is 1. The van der Waals surface area contributed by atoms with Crippen molar-refractivity contribution in [2.45, 2.75) is 64.9 Å². The van der Waals surface area contributed by atoms with Crippen molar-refractivity contribution < 1.29 is 20.1 Å². The van der Waals surface area contributed by atoms with Gasteiger partial charge in [0.25, 0.3) is 0 Å². The van der Waals surface area contributed by atoms with Crippen molar-refractivity contribution in [3.63, 3.8) is 0 Å². The van der Waals surface area contributed by atoms with Gasteiger partial charge in [0.05, 0.1) is 12.2 Å². The van der Waals surface area contributed by atoms with Crippen LogP contribution in [0.15, 0.2) is 47.6 Å². The highest BCUT2D eigenvalue weighted by Crippen LogP contribution is 2.16. The van der Waals surface area contributed by atoms with Crippen LogP contribution in [0.4, 0.5) is 0 Å². The minimum absolute atomic E-state index is 0.0513. The predicted molar refractivity (Wildman–Crippen MR) is 98.8 cm³/mol. The first-order valence-corrected chi connectivity index (χ1v) is 8.42. The number of hydrogen-bond acceptors (Lipinski definition) is 3. The summed E-state index contributed by atoms with van der Waals surface area (Å²) >= 11 is 0. The van der Waals surface area contributed by atoms with Crippen molar-refractivity contribution in [1.82, 2.24) is 0 Å². The molecule has 0 aliphatic heterocycles. The Bertz CT molecular complexity index is 492. The summed E-state index contributed by atoms with van der Waals surface area (Å²) in [4.78, 5) is 11.2. The molecule has 3 N–H and O–H groups in total. The van der Waals surface area contributed by atoms with Gasteiger partial charge in [0.1, 0.15) is 0 Å². The van der Waals surface area contributed by atoms with Crippen LogP contribution in [0.25, 0.3) is 0 Å². The van der Waals surface area contributed by atoms with Gasteiger partial charge in [-0.1, -0.05) is 29.9 Å². The van der Waals surface area contributed by atoms with E-state index in [1.807, 2.05) is 26.0 Å². The Kier molecular flexibility index (Phi) is 11.0. The number of carbonyl (C=O) groups is 1. The molecular formula is C20H32O4. The van der Waals surface area contributed by atoms with E-state index in [1.54, 1.807) is 13.0 Å². The summed E-state index contributed by atoms with van der Waals surface area (Å²) < 4.78 is 0. The SMILES string of the molecule is C=CC(C)(O)CCC=C(CO)CCC=C(CCC=C(C)C)C(=O)O. The lowest BCUT2D eigenvalue weighted by Gasteiger charge is -2.17. The standard InChI is InChI=1S/C20H32O4/c1-5-20(4,24)14-8-11-17(15-21)10-7-13-18(19(22)23)12-6-9-16(2)3/h5,9,11,13,21,24H,1,6-8,10,12,14-15H2,2-4H3,(H,22,23). The summed E-state index contributed by atoms with van der Waals surface area (Å²) in [6.07, 6.45) is 10.8. The largest absolute Gasteiger partial charge is 0.478 e. The van der Waals surface area contributed by atoms with Crippen molar-refractivity contribution in [1.29, 1.82) is 0 Å². The third-order valence-electron chi connectivity index (χ3n) is 3.82. The van der Waals surface area contributed by atoms with Gasteiger partial charge in [0.15, 0.2) is 0 Å². The molecule has 4 nitrogen and oxygen atoms in total. The van der Waals surface area contributed by atoms with Crippen LogP contribution in [0.3, 0.4) is 0 Å². The van der Waals surface area contributed by atoms with E-state index >= 15 is 0 Å². The number of carboxylic acids is 1. The molecule has 0 aromatic heterocycles. The second kappa shape index (κ2) is 11.8. The molecule has 0 saturated heterocycles. The van der Waals surface area contributed by atoms with Crippen molar-refractivity contribution >= 4 is 5.97 Å². The molecule has 4 heteroatoms. The molecule has 0 bridgehead atoms. The van der Waals surface area contributed by atoms with Gasteiger partial charge in [-0.3, -0.25) is 0 Å². The number of allylic oxidation sites excluding steroid dienone is 4. The summed E-state index contributed by atoms with van der Waals surface area (Å²) in [6.45, 7) is 9.21. The molecule has 24 heavy (non-hydrogen) atoms. The third-order valence-corrected chi connectivity index (χ3v) is 3.82. The van der Waals surface area contributed by atoms with Crippen LogP contribution >= 0.6 is 0 Å². The van der Waals surface area contributed by atoms with Gasteiger partial charge in [0, 0.05) is 5.57 Å². The highest BCUT2D eigenvalue weighted by atomic mass is 16.4. The van der Waals surface area contributed by atoms with E-state index in [-0.39, 0.29) is 6.61 Å². The molecule has 0 spiro atoms. The summed E-state index contributed by atoms with van der Waals surface area (Å²) in [6, 6.07) is 0. The lowest BCUT2D eigenvalue weighted by Crippen LogP contribution is -2.19. The second-order valence-electron chi connectivity index (χ2n) is 6.51. The van der Waals surface area contributed by atoms with E-state index in [0.717, 1.165) is 12.0 Å². The van der Waals surface area contributed by atoms with Gasteiger partial charge in [-0.25, -0.2) is 4.79 Å². The number of aliphatic hydroxyl groups excluding tert-OH is 1. The molecule has 0 heterocycles. The zero-order chi connectivity index (χ0) is 18.6. The van der Waals surface area contributed by atoms with Gasteiger partial charge < -0.3 is 15.3 Å². The Hall–Kier alpha value is -1.65. The van der Waals surface area contributed by atoms with E-state index in [4.69, 9.17) is 0 Å². The van der Waals surface area contributed by atoms with Crippen molar-refractivity contribution in [2.75, 3.05) is 6.61 Å². The molecule has 0 radical (unpaired) electrons. The van der Waals surface area contributed by atoms with Gasteiger partial charge in [-0.15, -0.1) is 6.58 Å². The van der Waals surface area contributed by atoms with E-state index in [1.165, 1.54) is 11.6 Å². The molecule has 1 atom stereocenters. The fraction of sp³-hybridized carbons (Fsp3) is 0.550. The summed E-state index contributed by atoms with van der Waals surface area (Å²) in [7, 11) is 0. The Morgan fingerprint density at radius 1 is 1.08 bits per heavy atom. The number of aliphatic hydroxyl groups is 2. The molecule has 0 aromatic carbocycles. The van der Waals surface area contributed by atoms with Gasteiger partial charge in [0.2, 0.25) is 0 Å². The Morgan fingerprint density at radius 2 is 1.71 bits per heavy atom. The van der Waals surface area contributed by atoms with Crippen molar-refractivity contribution in [2.24, 2.45) is 0 Å².